The van der Waals surface area contributed by atoms with Gasteiger partial charge in [0.1, 0.15) is 0 Å². The van der Waals surface area contributed by atoms with Gasteiger partial charge in [-0.3, -0.25) is 0 Å². The van der Waals surface area contributed by atoms with Gasteiger partial charge in [0.25, 0.3) is 0 Å². The average molecular weight is 243 g/mol. The molecule has 0 amide bonds. The summed E-state index contributed by atoms with van der Waals surface area (Å²) < 4.78 is 0. The van der Waals surface area contributed by atoms with Gasteiger partial charge in [0.05, 0.1) is 0 Å². The fourth-order valence-corrected chi connectivity index (χ4v) is 0. The van der Waals surface area contributed by atoms with Crippen LogP contribution in [0.5, 0.6) is 0 Å². The van der Waals surface area contributed by atoms with Crippen molar-refractivity contribution in [3.05, 3.63) is 0 Å². The van der Waals surface area contributed by atoms with E-state index in [9.17, 15) is 0 Å². The monoisotopic (exact) mass is 244 g/mol. The Hall–Kier alpha value is 1.98. The third-order valence-corrected chi connectivity index (χ3v) is 0. The molecule has 3 nitrogen and oxygen atoms in total. The average Bonchev–Trinajstić information content (AvgIpc) is 0. The SMILES string of the molecule is O.O.O.[Ru].[Sr]. The van der Waals surface area contributed by atoms with Crippen LogP contribution in [-0.4, -0.2) is 61.9 Å². The summed E-state index contributed by atoms with van der Waals surface area (Å²) in [6.07, 6.45) is 0. The fraction of sp³-hybridized carbons (Fsp3) is 0. The van der Waals surface area contributed by atoms with Crippen molar-refractivity contribution in [2.24, 2.45) is 0 Å². The van der Waals surface area contributed by atoms with Crippen molar-refractivity contribution in [1.29, 1.82) is 0 Å². The first-order chi connectivity index (χ1) is 0. The summed E-state index contributed by atoms with van der Waals surface area (Å²) in [5.41, 5.74) is 0. The molecule has 6 N–H and O–H groups in total. The van der Waals surface area contributed by atoms with Gasteiger partial charge in [-0.2, -0.15) is 0 Å². The summed E-state index contributed by atoms with van der Waals surface area (Å²) in [5.74, 6) is 0. The molecule has 34 valence electrons. The standard InChI is InChI=1S/3H2O.Ru.Sr/h3*1H2;;. The van der Waals surface area contributed by atoms with E-state index >= 15 is 0 Å². The number of hydrogen-bond acceptors (Lipinski definition) is 0. The van der Waals surface area contributed by atoms with E-state index < -0.39 is 0 Å². The van der Waals surface area contributed by atoms with Crippen molar-refractivity contribution >= 4 is 45.5 Å². The van der Waals surface area contributed by atoms with E-state index in [0.717, 1.165) is 0 Å². The van der Waals surface area contributed by atoms with Gasteiger partial charge in [-0.25, -0.2) is 0 Å². The van der Waals surface area contributed by atoms with Crippen molar-refractivity contribution in [1.82, 2.24) is 0 Å². The molecule has 0 aliphatic heterocycles. The third-order valence-electron chi connectivity index (χ3n) is 0. The van der Waals surface area contributed by atoms with Crippen molar-refractivity contribution in [3.8, 4) is 0 Å². The molecule has 0 fully saturated rings. The Bertz CT molecular complexity index is 6.85. The molecule has 0 aliphatic carbocycles. The number of rotatable bonds is 0. The summed E-state index contributed by atoms with van der Waals surface area (Å²) in [6.45, 7) is 0. The predicted octanol–water partition coefficient (Wildman–Crippen LogP) is -2.86. The Balaban J connectivity index is 0. The van der Waals surface area contributed by atoms with Crippen LogP contribution in [0.2, 0.25) is 0 Å². The molecular weight excluding hydrogens is 237 g/mol. The maximum absolute atomic E-state index is 0. The smallest absolute Gasteiger partial charge is 0 e. The van der Waals surface area contributed by atoms with Crippen LogP contribution in [0.25, 0.3) is 0 Å². The molecule has 0 saturated heterocycles. The van der Waals surface area contributed by atoms with Crippen LogP contribution in [0.1, 0.15) is 0 Å². The summed E-state index contributed by atoms with van der Waals surface area (Å²) in [6, 6.07) is 0. The first-order valence-corrected chi connectivity index (χ1v) is 0. The first kappa shape index (κ1) is 63.5. The van der Waals surface area contributed by atoms with Crippen LogP contribution < -0.4 is 0 Å². The van der Waals surface area contributed by atoms with Crippen LogP contribution in [0.15, 0.2) is 0 Å². The molecule has 0 aromatic heterocycles. The summed E-state index contributed by atoms with van der Waals surface area (Å²) in [7, 11) is 0. The quantitative estimate of drug-likeness (QED) is 0.409. The largest absolute Gasteiger partial charge is 0.412 e. The minimum Gasteiger partial charge on any atom is -0.412 e. The van der Waals surface area contributed by atoms with Gasteiger partial charge in [0, 0.05) is 65.0 Å². The second-order valence-corrected chi connectivity index (χ2v) is 0. The van der Waals surface area contributed by atoms with Crippen molar-refractivity contribution in [3.63, 3.8) is 0 Å². The second-order valence-electron chi connectivity index (χ2n) is 0. The van der Waals surface area contributed by atoms with E-state index in [-0.39, 0.29) is 81.4 Å². The molecule has 5 heteroatoms. The Labute approximate surface area is 80.1 Å². The van der Waals surface area contributed by atoms with Gasteiger partial charge < -0.3 is 16.4 Å². The Kier molecular flexibility index (Phi) is 480. The molecule has 0 atom stereocenters. The van der Waals surface area contributed by atoms with Crippen molar-refractivity contribution in [2.45, 2.75) is 0 Å². The van der Waals surface area contributed by atoms with Crippen LogP contribution in [0.3, 0.4) is 0 Å². The predicted molar refractivity (Wildman–Crippen MR) is 16.6 cm³/mol. The molecule has 0 aromatic carbocycles. The van der Waals surface area contributed by atoms with Gasteiger partial charge in [-0.05, 0) is 0 Å². The van der Waals surface area contributed by atoms with E-state index in [1.54, 1.807) is 0 Å². The van der Waals surface area contributed by atoms with Crippen LogP contribution in [-0.2, 0) is 19.5 Å². The van der Waals surface area contributed by atoms with Crippen molar-refractivity contribution < 1.29 is 35.9 Å². The first-order valence-electron chi connectivity index (χ1n) is 0. The molecule has 0 unspecified atom stereocenters. The molecule has 0 spiro atoms. The second kappa shape index (κ2) is 37.8. The van der Waals surface area contributed by atoms with E-state index in [4.69, 9.17) is 0 Å². The molecule has 5 heavy (non-hydrogen) atoms. The topological polar surface area (TPSA) is 94.5 Å². The zero-order valence-electron chi connectivity index (χ0n) is 2.56. The zero-order chi connectivity index (χ0) is 0. The summed E-state index contributed by atoms with van der Waals surface area (Å²) in [4.78, 5) is 0. The van der Waals surface area contributed by atoms with Crippen LogP contribution >= 0.6 is 0 Å². The fourth-order valence-electron chi connectivity index (χ4n) is 0. The normalized spacial score (nSPS) is 0. The van der Waals surface area contributed by atoms with Crippen molar-refractivity contribution in [2.75, 3.05) is 0 Å². The molecular formula is H6O3RuSr. The van der Waals surface area contributed by atoms with Gasteiger partial charge in [-0.1, -0.05) is 0 Å². The third kappa shape index (κ3) is 24.1. The summed E-state index contributed by atoms with van der Waals surface area (Å²) >= 11 is 0. The maximum atomic E-state index is 0. The molecule has 0 saturated carbocycles. The Morgan fingerprint density at radius 3 is 0.600 bits per heavy atom. The van der Waals surface area contributed by atoms with Gasteiger partial charge in [0.15, 0.2) is 0 Å². The molecule has 0 aliphatic rings. The van der Waals surface area contributed by atoms with Gasteiger partial charge >= 0.3 is 0 Å². The molecule has 0 aromatic rings. The Morgan fingerprint density at radius 2 is 0.600 bits per heavy atom. The van der Waals surface area contributed by atoms with E-state index in [1.165, 1.54) is 0 Å². The molecule has 0 rings (SSSR count). The zero-order valence-corrected chi connectivity index (χ0v) is 7.77. The molecule has 0 heterocycles. The van der Waals surface area contributed by atoms with Gasteiger partial charge in [0.2, 0.25) is 0 Å². The van der Waals surface area contributed by atoms with Crippen LogP contribution in [0.4, 0.5) is 0 Å². The summed E-state index contributed by atoms with van der Waals surface area (Å²) in [5, 5.41) is 0. The minimum absolute atomic E-state index is 0. The van der Waals surface area contributed by atoms with E-state index in [2.05, 4.69) is 0 Å². The van der Waals surface area contributed by atoms with Crippen LogP contribution in [0, 0.1) is 0 Å². The number of hydrogen-bond donors (Lipinski definition) is 0. The maximum Gasteiger partial charge on any atom is 0 e. The van der Waals surface area contributed by atoms with Gasteiger partial charge in [-0.15, -0.1) is 0 Å². The Morgan fingerprint density at radius 1 is 0.600 bits per heavy atom. The minimum atomic E-state index is 0. The molecule has 2 radical (unpaired) electrons. The molecule has 0 bridgehead atoms. The van der Waals surface area contributed by atoms with E-state index in [1.807, 2.05) is 0 Å². The van der Waals surface area contributed by atoms with E-state index in [0.29, 0.717) is 0 Å².